The molecule has 4 rings (SSSR count). The van der Waals surface area contributed by atoms with Gasteiger partial charge in [0, 0.05) is 32.3 Å². The molecule has 3 aromatic rings. The minimum absolute atomic E-state index is 0.0223. The summed E-state index contributed by atoms with van der Waals surface area (Å²) >= 11 is 0. The summed E-state index contributed by atoms with van der Waals surface area (Å²) in [5.74, 6) is 0.382. The minimum atomic E-state index is -4.87. The molecule has 0 bridgehead atoms. The normalized spacial score (nSPS) is 15.9. The highest BCUT2D eigenvalue weighted by atomic mass is 19.4. The van der Waals surface area contributed by atoms with Gasteiger partial charge in [-0.15, -0.1) is 18.3 Å². The van der Waals surface area contributed by atoms with Gasteiger partial charge >= 0.3 is 12.4 Å². The SMILES string of the molecule is COCc1ccc(OC(F)(F)F)c(CNC(=O)Nc2c(C)c(O[C@@H]3CCN(C)C3)nn2-c2ccccc2)c1. The summed E-state index contributed by atoms with van der Waals surface area (Å²) in [7, 11) is 3.50. The molecule has 0 unspecified atom stereocenters. The number of nitrogens with zero attached hydrogens (tertiary/aromatic N) is 3. The quantitative estimate of drug-likeness (QED) is 0.417. The molecule has 204 valence electrons. The van der Waals surface area contributed by atoms with Crippen molar-refractivity contribution in [3.63, 3.8) is 0 Å². The molecule has 2 aromatic carbocycles. The van der Waals surface area contributed by atoms with Gasteiger partial charge in [-0.1, -0.05) is 24.3 Å². The fraction of sp³-hybridized carbons (Fsp3) is 0.385. The van der Waals surface area contributed by atoms with Gasteiger partial charge in [0.25, 0.3) is 0 Å². The summed E-state index contributed by atoms with van der Waals surface area (Å²) < 4.78 is 55.6. The number of halogens is 3. The predicted molar refractivity (Wildman–Crippen MR) is 135 cm³/mol. The van der Waals surface area contributed by atoms with Gasteiger partial charge in [0.15, 0.2) is 0 Å². The first-order valence-corrected chi connectivity index (χ1v) is 12.0. The zero-order valence-electron chi connectivity index (χ0n) is 21.3. The van der Waals surface area contributed by atoms with Crippen LogP contribution >= 0.6 is 0 Å². The van der Waals surface area contributed by atoms with Gasteiger partial charge in [-0.25, -0.2) is 9.48 Å². The summed E-state index contributed by atoms with van der Waals surface area (Å²) in [6.07, 6.45) is -4.03. The number of rotatable bonds is 9. The van der Waals surface area contributed by atoms with Gasteiger partial charge < -0.3 is 24.4 Å². The molecule has 1 aromatic heterocycles. The Labute approximate surface area is 218 Å². The Morgan fingerprint density at radius 2 is 1.95 bits per heavy atom. The van der Waals surface area contributed by atoms with E-state index in [1.54, 1.807) is 11.6 Å². The van der Waals surface area contributed by atoms with Crippen molar-refractivity contribution < 1.29 is 32.2 Å². The summed E-state index contributed by atoms with van der Waals surface area (Å²) in [5.41, 5.74) is 2.12. The van der Waals surface area contributed by atoms with E-state index in [2.05, 4.69) is 25.4 Å². The summed E-state index contributed by atoms with van der Waals surface area (Å²) in [5, 5.41) is 9.99. The second-order valence-corrected chi connectivity index (χ2v) is 9.05. The Balaban J connectivity index is 1.54. The Morgan fingerprint density at radius 3 is 2.61 bits per heavy atom. The van der Waals surface area contributed by atoms with Gasteiger partial charge in [-0.05, 0) is 50.2 Å². The summed E-state index contributed by atoms with van der Waals surface area (Å²) in [6.45, 7) is 3.46. The number of likely N-dealkylation sites (N-methyl/N-ethyl adjacent to an activating group) is 1. The fourth-order valence-electron chi connectivity index (χ4n) is 4.22. The van der Waals surface area contributed by atoms with Crippen molar-refractivity contribution in [2.24, 2.45) is 0 Å². The molecule has 2 N–H and O–H groups in total. The molecule has 1 aliphatic heterocycles. The molecule has 38 heavy (non-hydrogen) atoms. The van der Waals surface area contributed by atoms with E-state index in [9.17, 15) is 18.0 Å². The third-order valence-corrected chi connectivity index (χ3v) is 6.04. The molecule has 2 heterocycles. The second kappa shape index (κ2) is 11.7. The van der Waals surface area contributed by atoms with Crippen molar-refractivity contribution in [3.05, 3.63) is 65.2 Å². The van der Waals surface area contributed by atoms with Crippen molar-refractivity contribution >= 4 is 11.8 Å². The second-order valence-electron chi connectivity index (χ2n) is 9.05. The molecule has 0 saturated carbocycles. The number of ether oxygens (including phenoxy) is 3. The Hall–Kier alpha value is -3.77. The number of aromatic nitrogens is 2. The number of methoxy groups -OCH3 is 1. The number of alkyl halides is 3. The number of amides is 2. The van der Waals surface area contributed by atoms with E-state index in [4.69, 9.17) is 9.47 Å². The lowest BCUT2D eigenvalue weighted by Crippen LogP contribution is -2.30. The number of anilines is 1. The standard InChI is InChI=1S/C26H30F3N5O4/c1-17-23(34(20-7-5-4-6-8-20)32-24(17)37-21-11-12-33(2)15-21)31-25(35)30-14-19-13-18(16-36-3)9-10-22(19)38-26(27,28)29/h4-10,13,21H,11-12,14-16H2,1-3H3,(H2,30,31,35)/t21-/m1/s1. The minimum Gasteiger partial charge on any atom is -0.472 e. The number of benzene rings is 2. The molecule has 0 radical (unpaired) electrons. The Bertz CT molecular complexity index is 1250. The molecule has 9 nitrogen and oxygen atoms in total. The van der Waals surface area contributed by atoms with Crippen LogP contribution in [0.5, 0.6) is 11.6 Å². The van der Waals surface area contributed by atoms with Crippen LogP contribution in [0.2, 0.25) is 0 Å². The van der Waals surface area contributed by atoms with Crippen LogP contribution in [0.4, 0.5) is 23.8 Å². The average Bonchev–Trinajstić information content (AvgIpc) is 3.42. The molecule has 1 atom stereocenters. The predicted octanol–water partition coefficient (Wildman–Crippen LogP) is 4.63. The Morgan fingerprint density at radius 1 is 1.18 bits per heavy atom. The number of para-hydroxylation sites is 1. The molecule has 1 aliphatic rings. The summed E-state index contributed by atoms with van der Waals surface area (Å²) in [6, 6.07) is 12.8. The van der Waals surface area contributed by atoms with Gasteiger partial charge in [-0.3, -0.25) is 5.32 Å². The molecule has 0 spiro atoms. The van der Waals surface area contributed by atoms with Crippen molar-refractivity contribution in [1.29, 1.82) is 0 Å². The number of hydrogen-bond donors (Lipinski definition) is 2. The highest BCUT2D eigenvalue weighted by Crippen LogP contribution is 2.31. The van der Waals surface area contributed by atoms with Gasteiger partial charge in [0.2, 0.25) is 5.88 Å². The molecule has 1 saturated heterocycles. The maximum atomic E-state index is 12.9. The van der Waals surface area contributed by atoms with Crippen LogP contribution in [0, 0.1) is 6.92 Å². The first kappa shape index (κ1) is 27.3. The van der Waals surface area contributed by atoms with Crippen LogP contribution in [0.1, 0.15) is 23.1 Å². The van der Waals surface area contributed by atoms with E-state index in [0.29, 0.717) is 28.5 Å². The topological polar surface area (TPSA) is 89.9 Å². The van der Waals surface area contributed by atoms with Crippen LogP contribution < -0.4 is 20.1 Å². The number of carbonyl (C=O) groups excluding carboxylic acids is 1. The zero-order chi connectivity index (χ0) is 27.3. The fourth-order valence-corrected chi connectivity index (χ4v) is 4.22. The van der Waals surface area contributed by atoms with E-state index >= 15 is 0 Å². The molecule has 12 heteroatoms. The molecule has 2 amide bonds. The number of likely N-dealkylation sites (tertiary alicyclic amines) is 1. The van der Waals surface area contributed by atoms with E-state index in [1.807, 2.05) is 37.4 Å². The maximum Gasteiger partial charge on any atom is 0.573 e. The largest absolute Gasteiger partial charge is 0.573 e. The maximum absolute atomic E-state index is 12.9. The molecular formula is C26H30F3N5O4. The lowest BCUT2D eigenvalue weighted by atomic mass is 10.1. The van der Waals surface area contributed by atoms with Crippen molar-refractivity contribution in [2.45, 2.75) is 39.0 Å². The lowest BCUT2D eigenvalue weighted by Gasteiger charge is -2.16. The van der Waals surface area contributed by atoms with Crippen molar-refractivity contribution in [2.75, 3.05) is 32.6 Å². The first-order chi connectivity index (χ1) is 18.1. The first-order valence-electron chi connectivity index (χ1n) is 12.0. The number of carbonyl (C=O) groups is 1. The van der Waals surface area contributed by atoms with Crippen LogP contribution in [0.25, 0.3) is 5.69 Å². The Kier molecular flexibility index (Phi) is 8.42. The van der Waals surface area contributed by atoms with Gasteiger partial charge in [-0.2, -0.15) is 0 Å². The van der Waals surface area contributed by atoms with Gasteiger partial charge in [0.05, 0.1) is 17.9 Å². The third kappa shape index (κ3) is 6.95. The number of nitrogens with one attached hydrogen (secondary N) is 2. The van der Waals surface area contributed by atoms with E-state index in [0.717, 1.165) is 19.5 Å². The smallest absolute Gasteiger partial charge is 0.472 e. The van der Waals surface area contributed by atoms with Crippen molar-refractivity contribution in [1.82, 2.24) is 20.0 Å². The van der Waals surface area contributed by atoms with E-state index in [1.165, 1.54) is 25.3 Å². The van der Waals surface area contributed by atoms with E-state index in [-0.39, 0.29) is 24.8 Å². The molecule has 0 aliphatic carbocycles. The monoisotopic (exact) mass is 533 g/mol. The zero-order valence-corrected chi connectivity index (χ0v) is 21.3. The van der Waals surface area contributed by atoms with Crippen LogP contribution in [-0.4, -0.2) is 60.4 Å². The average molecular weight is 534 g/mol. The van der Waals surface area contributed by atoms with Crippen LogP contribution in [0.15, 0.2) is 48.5 Å². The highest BCUT2D eigenvalue weighted by Gasteiger charge is 2.32. The number of hydrogen-bond acceptors (Lipinski definition) is 6. The van der Waals surface area contributed by atoms with Crippen LogP contribution in [0.3, 0.4) is 0 Å². The van der Waals surface area contributed by atoms with Crippen LogP contribution in [-0.2, 0) is 17.9 Å². The van der Waals surface area contributed by atoms with E-state index < -0.39 is 18.1 Å². The number of urea groups is 1. The third-order valence-electron chi connectivity index (χ3n) is 6.04. The van der Waals surface area contributed by atoms with Crippen molar-refractivity contribution in [3.8, 4) is 17.3 Å². The molecular weight excluding hydrogens is 503 g/mol. The highest BCUT2D eigenvalue weighted by molar-refractivity contribution is 5.89. The molecule has 1 fully saturated rings. The summed E-state index contributed by atoms with van der Waals surface area (Å²) in [4.78, 5) is 15.1. The lowest BCUT2D eigenvalue weighted by molar-refractivity contribution is -0.274. The van der Waals surface area contributed by atoms with Gasteiger partial charge in [0.1, 0.15) is 17.7 Å².